The number of carbonyl (C=O) groups excluding carboxylic acids is 3. The van der Waals surface area contributed by atoms with E-state index in [1.807, 2.05) is 28.9 Å². The van der Waals surface area contributed by atoms with Gasteiger partial charge in [-0.1, -0.05) is 25.5 Å². The molecule has 2 bridgehead atoms. The predicted octanol–water partition coefficient (Wildman–Crippen LogP) is 2.46. The lowest BCUT2D eigenvalue weighted by Gasteiger charge is -2.40. The molecule has 164 valence electrons. The fraction of sp³-hybridized carbons (Fsp3) is 0.609. The van der Waals surface area contributed by atoms with Crippen molar-refractivity contribution in [3.05, 3.63) is 29.8 Å². The number of carbonyl (C=O) groups is 3. The molecule has 0 aromatic heterocycles. The number of piperidine rings is 1. The van der Waals surface area contributed by atoms with Crippen LogP contribution in [-0.2, 0) is 9.59 Å². The zero-order valence-corrected chi connectivity index (χ0v) is 18.1. The van der Waals surface area contributed by atoms with Gasteiger partial charge in [-0.3, -0.25) is 14.4 Å². The van der Waals surface area contributed by atoms with Crippen LogP contribution in [0.3, 0.4) is 0 Å². The summed E-state index contributed by atoms with van der Waals surface area (Å²) >= 11 is 0. The van der Waals surface area contributed by atoms with Crippen LogP contribution in [0.2, 0.25) is 0 Å². The third-order valence-corrected chi connectivity index (χ3v) is 6.44. The van der Waals surface area contributed by atoms with Crippen molar-refractivity contribution in [3.63, 3.8) is 0 Å². The molecule has 0 radical (unpaired) electrons. The SMILES string of the molecule is CCC(=O)N1CCCCC2(C(=O)NC)CCN(CC2)C(=O)c2ccccc2OCC1. The Labute approximate surface area is 178 Å². The molecule has 0 saturated carbocycles. The number of ether oxygens (including phenoxy) is 1. The number of rotatable bonds is 2. The van der Waals surface area contributed by atoms with Gasteiger partial charge in [0.2, 0.25) is 11.8 Å². The van der Waals surface area contributed by atoms with Gasteiger partial charge in [-0.25, -0.2) is 0 Å². The summed E-state index contributed by atoms with van der Waals surface area (Å²) in [5.74, 6) is 0.640. The van der Waals surface area contributed by atoms with E-state index in [9.17, 15) is 14.4 Å². The highest BCUT2D eigenvalue weighted by Crippen LogP contribution is 2.38. The molecule has 1 saturated heterocycles. The van der Waals surface area contributed by atoms with Crippen LogP contribution in [0.1, 0.15) is 55.8 Å². The van der Waals surface area contributed by atoms with E-state index in [2.05, 4.69) is 5.32 Å². The lowest BCUT2D eigenvalue weighted by Crippen LogP contribution is -2.49. The van der Waals surface area contributed by atoms with Crippen LogP contribution in [-0.4, -0.2) is 67.4 Å². The van der Waals surface area contributed by atoms with Crippen LogP contribution in [0.4, 0.5) is 0 Å². The quantitative estimate of drug-likeness (QED) is 0.805. The van der Waals surface area contributed by atoms with Gasteiger partial charge < -0.3 is 19.9 Å². The molecule has 1 fully saturated rings. The van der Waals surface area contributed by atoms with Crippen molar-refractivity contribution in [1.82, 2.24) is 15.1 Å². The van der Waals surface area contributed by atoms with E-state index in [1.54, 1.807) is 19.2 Å². The number of fused-ring (bicyclic) bond motifs is 9. The predicted molar refractivity (Wildman–Crippen MR) is 114 cm³/mol. The molecule has 1 aromatic carbocycles. The Morgan fingerprint density at radius 2 is 1.80 bits per heavy atom. The summed E-state index contributed by atoms with van der Waals surface area (Å²) in [5.41, 5.74) is 0.0922. The second-order valence-electron chi connectivity index (χ2n) is 8.19. The van der Waals surface area contributed by atoms with Gasteiger partial charge in [0, 0.05) is 33.1 Å². The fourth-order valence-electron chi connectivity index (χ4n) is 4.55. The highest BCUT2D eigenvalue weighted by Gasteiger charge is 2.41. The number of hydrogen-bond acceptors (Lipinski definition) is 4. The summed E-state index contributed by atoms with van der Waals surface area (Å²) in [4.78, 5) is 41.9. The second-order valence-corrected chi connectivity index (χ2v) is 8.19. The van der Waals surface area contributed by atoms with E-state index in [4.69, 9.17) is 4.74 Å². The molecule has 3 aliphatic heterocycles. The minimum absolute atomic E-state index is 0.0594. The number of benzene rings is 1. The molecule has 3 heterocycles. The lowest BCUT2D eigenvalue weighted by molar-refractivity contribution is -0.134. The number of nitrogens with zero attached hydrogens (tertiary/aromatic N) is 2. The molecule has 30 heavy (non-hydrogen) atoms. The first kappa shape index (κ1) is 22.1. The molecular weight excluding hydrogens is 382 g/mol. The molecule has 0 aliphatic carbocycles. The van der Waals surface area contributed by atoms with Crippen molar-refractivity contribution in [3.8, 4) is 5.75 Å². The normalized spacial score (nSPS) is 19.9. The van der Waals surface area contributed by atoms with Crippen LogP contribution < -0.4 is 10.1 Å². The van der Waals surface area contributed by atoms with Crippen molar-refractivity contribution in [2.45, 2.75) is 45.4 Å². The van der Waals surface area contributed by atoms with Gasteiger partial charge in [0.25, 0.3) is 5.91 Å². The number of nitrogens with one attached hydrogen (secondary N) is 1. The average Bonchev–Trinajstić information content (AvgIpc) is 2.79. The maximum absolute atomic E-state index is 13.2. The van der Waals surface area contributed by atoms with Gasteiger partial charge in [-0.15, -0.1) is 0 Å². The van der Waals surface area contributed by atoms with E-state index in [1.165, 1.54) is 0 Å². The van der Waals surface area contributed by atoms with Gasteiger partial charge in [0.05, 0.1) is 17.5 Å². The molecular formula is C23H33N3O4. The molecule has 7 heteroatoms. The largest absolute Gasteiger partial charge is 0.491 e. The van der Waals surface area contributed by atoms with E-state index in [0.717, 1.165) is 19.3 Å². The molecule has 3 amide bonds. The van der Waals surface area contributed by atoms with Gasteiger partial charge in [0.1, 0.15) is 12.4 Å². The minimum Gasteiger partial charge on any atom is -0.491 e. The monoisotopic (exact) mass is 415 g/mol. The summed E-state index contributed by atoms with van der Waals surface area (Å²) in [6, 6.07) is 7.27. The first-order valence-electron chi connectivity index (χ1n) is 11.0. The first-order chi connectivity index (χ1) is 14.5. The first-order valence-corrected chi connectivity index (χ1v) is 11.0. The van der Waals surface area contributed by atoms with Crippen molar-refractivity contribution in [2.24, 2.45) is 5.41 Å². The minimum atomic E-state index is -0.443. The zero-order valence-electron chi connectivity index (χ0n) is 18.1. The van der Waals surface area contributed by atoms with Crippen LogP contribution in [0.5, 0.6) is 5.75 Å². The summed E-state index contributed by atoms with van der Waals surface area (Å²) in [7, 11) is 1.68. The number of amides is 3. The Morgan fingerprint density at radius 3 is 2.50 bits per heavy atom. The van der Waals surface area contributed by atoms with Crippen LogP contribution in [0.15, 0.2) is 24.3 Å². The number of para-hydroxylation sites is 1. The van der Waals surface area contributed by atoms with E-state index in [0.29, 0.717) is 63.4 Å². The molecule has 0 atom stereocenters. The van der Waals surface area contributed by atoms with Crippen molar-refractivity contribution in [2.75, 3.05) is 39.8 Å². The van der Waals surface area contributed by atoms with E-state index < -0.39 is 5.41 Å². The van der Waals surface area contributed by atoms with Gasteiger partial charge in [-0.05, 0) is 37.8 Å². The second kappa shape index (κ2) is 9.96. The van der Waals surface area contributed by atoms with E-state index >= 15 is 0 Å². The van der Waals surface area contributed by atoms with Gasteiger partial charge >= 0.3 is 0 Å². The fourth-order valence-corrected chi connectivity index (χ4v) is 4.55. The molecule has 3 aliphatic rings. The molecule has 0 unspecified atom stereocenters. The molecule has 4 rings (SSSR count). The topological polar surface area (TPSA) is 79.0 Å². The Morgan fingerprint density at radius 1 is 1.07 bits per heavy atom. The van der Waals surface area contributed by atoms with E-state index in [-0.39, 0.29) is 17.7 Å². The molecule has 1 aromatic rings. The summed E-state index contributed by atoms with van der Waals surface area (Å²) in [6.07, 6.45) is 4.25. The molecule has 7 nitrogen and oxygen atoms in total. The number of hydrogen-bond donors (Lipinski definition) is 1. The Kier molecular flexibility index (Phi) is 7.34. The van der Waals surface area contributed by atoms with Crippen LogP contribution in [0.25, 0.3) is 0 Å². The highest BCUT2D eigenvalue weighted by molar-refractivity contribution is 5.97. The highest BCUT2D eigenvalue weighted by atomic mass is 16.5. The van der Waals surface area contributed by atoms with Gasteiger partial charge in [0.15, 0.2) is 0 Å². The standard InChI is InChI=1S/C23H33N3O4/c1-3-20(27)25-13-7-6-10-23(22(29)24-2)11-14-26(15-12-23)21(28)18-8-4-5-9-19(18)30-17-16-25/h4-5,8-9H,3,6-7,10-17H2,1-2H3,(H,24,29). The Balaban J connectivity index is 1.87. The van der Waals surface area contributed by atoms with Crippen molar-refractivity contribution < 1.29 is 19.1 Å². The summed E-state index contributed by atoms with van der Waals surface area (Å²) in [5, 5.41) is 2.83. The lowest BCUT2D eigenvalue weighted by atomic mass is 9.73. The van der Waals surface area contributed by atoms with Crippen LogP contribution >= 0.6 is 0 Å². The van der Waals surface area contributed by atoms with Crippen molar-refractivity contribution >= 4 is 17.7 Å². The summed E-state index contributed by atoms with van der Waals surface area (Å²) in [6.45, 7) is 4.46. The maximum Gasteiger partial charge on any atom is 0.257 e. The van der Waals surface area contributed by atoms with Crippen molar-refractivity contribution in [1.29, 1.82) is 0 Å². The van der Waals surface area contributed by atoms with Gasteiger partial charge in [-0.2, -0.15) is 0 Å². The third kappa shape index (κ3) is 4.77. The Hall–Kier alpha value is -2.57. The molecule has 1 N–H and O–H groups in total. The zero-order chi connectivity index (χ0) is 21.6. The summed E-state index contributed by atoms with van der Waals surface area (Å²) < 4.78 is 5.93. The smallest absolute Gasteiger partial charge is 0.257 e. The molecule has 0 spiro atoms. The third-order valence-electron chi connectivity index (χ3n) is 6.44. The average molecular weight is 416 g/mol. The maximum atomic E-state index is 13.2. The van der Waals surface area contributed by atoms with Crippen LogP contribution in [0, 0.1) is 5.41 Å². The Bertz CT molecular complexity index is 771.